The molecule has 0 bridgehead atoms. The fraction of sp³-hybridized carbons (Fsp3) is 0.625. The first-order chi connectivity index (χ1) is 10.2. The minimum absolute atomic E-state index is 0.134. The highest BCUT2D eigenvalue weighted by Crippen LogP contribution is 2.17. The molecule has 1 amide bonds. The number of carbonyl (C=O) groups is 1. The van der Waals surface area contributed by atoms with Crippen molar-refractivity contribution >= 4 is 11.7 Å². The fourth-order valence-electron chi connectivity index (χ4n) is 2.50. The van der Waals surface area contributed by atoms with Gasteiger partial charge in [0.15, 0.2) is 0 Å². The molecule has 0 aliphatic carbocycles. The minimum atomic E-state index is -0.395. The molecule has 1 aliphatic rings. The van der Waals surface area contributed by atoms with Gasteiger partial charge in [-0.1, -0.05) is 12.8 Å². The first kappa shape index (κ1) is 15.8. The van der Waals surface area contributed by atoms with Crippen LogP contribution < -0.4 is 10.2 Å². The lowest BCUT2D eigenvalue weighted by molar-refractivity contribution is 0.0945. The molecule has 1 aromatic heterocycles. The zero-order valence-electron chi connectivity index (χ0n) is 12.7. The Morgan fingerprint density at radius 2 is 2.05 bits per heavy atom. The maximum atomic E-state index is 11.9. The van der Waals surface area contributed by atoms with E-state index in [-0.39, 0.29) is 5.91 Å². The zero-order valence-corrected chi connectivity index (χ0v) is 12.7. The lowest BCUT2D eigenvalue weighted by Gasteiger charge is -2.21. The van der Waals surface area contributed by atoms with E-state index in [1.54, 1.807) is 13.1 Å². The molecule has 1 saturated heterocycles. The Bertz CT molecular complexity index is 437. The molecule has 0 radical (unpaired) electrons. The normalized spacial score (nSPS) is 17.1. The summed E-state index contributed by atoms with van der Waals surface area (Å²) in [6.45, 7) is 4.29. The summed E-state index contributed by atoms with van der Waals surface area (Å²) in [5.41, 5.74) is 0.569. The van der Waals surface area contributed by atoms with Gasteiger partial charge in [-0.05, 0) is 38.3 Å². The van der Waals surface area contributed by atoms with Crippen molar-refractivity contribution < 1.29 is 9.90 Å². The number of anilines is 1. The largest absolute Gasteiger partial charge is 0.393 e. The van der Waals surface area contributed by atoms with E-state index in [1.165, 1.54) is 25.7 Å². The number of aliphatic hydroxyl groups is 1. The minimum Gasteiger partial charge on any atom is -0.393 e. The topological polar surface area (TPSA) is 65.5 Å². The van der Waals surface area contributed by atoms with Crippen molar-refractivity contribution in [2.24, 2.45) is 0 Å². The summed E-state index contributed by atoms with van der Waals surface area (Å²) in [7, 11) is 0. The van der Waals surface area contributed by atoms with Gasteiger partial charge in [-0.3, -0.25) is 4.79 Å². The van der Waals surface area contributed by atoms with E-state index >= 15 is 0 Å². The Morgan fingerprint density at radius 1 is 1.33 bits per heavy atom. The van der Waals surface area contributed by atoms with Gasteiger partial charge >= 0.3 is 0 Å². The number of nitrogens with one attached hydrogen (secondary N) is 1. The molecule has 0 spiro atoms. The predicted molar refractivity (Wildman–Crippen MR) is 83.5 cm³/mol. The lowest BCUT2D eigenvalue weighted by Crippen LogP contribution is -2.27. The summed E-state index contributed by atoms with van der Waals surface area (Å²) in [6, 6.07) is 3.75. The van der Waals surface area contributed by atoms with E-state index in [0.29, 0.717) is 18.5 Å². The Balaban J connectivity index is 1.90. The van der Waals surface area contributed by atoms with E-state index in [4.69, 9.17) is 0 Å². The average Bonchev–Trinajstić information content (AvgIpc) is 2.76. The van der Waals surface area contributed by atoms with Crippen LogP contribution in [0.4, 0.5) is 5.82 Å². The van der Waals surface area contributed by atoms with E-state index in [9.17, 15) is 9.90 Å². The van der Waals surface area contributed by atoms with Crippen LogP contribution in [0, 0.1) is 0 Å². The van der Waals surface area contributed by atoms with Gasteiger partial charge in [0.2, 0.25) is 0 Å². The van der Waals surface area contributed by atoms with Crippen LogP contribution in [0.25, 0.3) is 0 Å². The predicted octanol–water partition coefficient (Wildman–Crippen LogP) is 1.96. The highest BCUT2D eigenvalue weighted by atomic mass is 16.3. The molecule has 1 atom stereocenters. The third-order valence-electron chi connectivity index (χ3n) is 3.79. The highest BCUT2D eigenvalue weighted by molar-refractivity contribution is 5.94. The van der Waals surface area contributed by atoms with Crippen LogP contribution in [0.3, 0.4) is 0 Å². The molecule has 2 N–H and O–H groups in total. The number of carbonyl (C=O) groups excluding carboxylic acids is 1. The number of hydrogen-bond donors (Lipinski definition) is 2. The molecule has 2 rings (SSSR count). The van der Waals surface area contributed by atoms with Crippen LogP contribution >= 0.6 is 0 Å². The Labute approximate surface area is 126 Å². The van der Waals surface area contributed by atoms with Crippen molar-refractivity contribution in [3.05, 3.63) is 23.9 Å². The summed E-state index contributed by atoms with van der Waals surface area (Å²) in [4.78, 5) is 18.6. The standard InChI is InChI=1S/C16H25N3O2/c1-13(20)8-9-17-16(21)14-6-7-15(18-12-14)19-10-4-2-3-5-11-19/h6-7,12-13,20H,2-5,8-11H2,1H3,(H,17,21). The second-order valence-electron chi connectivity index (χ2n) is 5.70. The van der Waals surface area contributed by atoms with Crippen molar-refractivity contribution in [1.29, 1.82) is 0 Å². The van der Waals surface area contributed by atoms with Gasteiger partial charge in [0.1, 0.15) is 5.82 Å². The molecule has 1 unspecified atom stereocenters. The van der Waals surface area contributed by atoms with Gasteiger partial charge in [-0.25, -0.2) is 4.98 Å². The number of rotatable bonds is 5. The number of nitrogens with zero attached hydrogens (tertiary/aromatic N) is 2. The SMILES string of the molecule is CC(O)CCNC(=O)c1ccc(N2CCCCCC2)nc1. The molecule has 116 valence electrons. The zero-order chi connectivity index (χ0) is 15.1. The van der Waals surface area contributed by atoms with E-state index in [0.717, 1.165) is 18.9 Å². The van der Waals surface area contributed by atoms with Crippen LogP contribution in [-0.4, -0.2) is 41.7 Å². The van der Waals surface area contributed by atoms with Crippen molar-refractivity contribution in [2.45, 2.75) is 45.1 Å². The Hall–Kier alpha value is -1.62. The maximum absolute atomic E-state index is 11.9. The molecule has 2 heterocycles. The van der Waals surface area contributed by atoms with Gasteiger partial charge in [0, 0.05) is 25.8 Å². The van der Waals surface area contributed by atoms with Crippen molar-refractivity contribution in [1.82, 2.24) is 10.3 Å². The van der Waals surface area contributed by atoms with Gasteiger partial charge in [0.05, 0.1) is 11.7 Å². The summed E-state index contributed by atoms with van der Waals surface area (Å²) < 4.78 is 0. The summed E-state index contributed by atoms with van der Waals surface area (Å²) >= 11 is 0. The van der Waals surface area contributed by atoms with Gasteiger partial charge in [0.25, 0.3) is 5.91 Å². The first-order valence-electron chi connectivity index (χ1n) is 7.84. The molecule has 5 heteroatoms. The van der Waals surface area contributed by atoms with Crippen LogP contribution in [0.2, 0.25) is 0 Å². The molecular weight excluding hydrogens is 266 g/mol. The van der Waals surface area contributed by atoms with E-state index in [2.05, 4.69) is 15.2 Å². The molecule has 0 saturated carbocycles. The smallest absolute Gasteiger partial charge is 0.252 e. The summed E-state index contributed by atoms with van der Waals surface area (Å²) in [5, 5.41) is 12.0. The number of hydrogen-bond acceptors (Lipinski definition) is 4. The highest BCUT2D eigenvalue weighted by Gasteiger charge is 2.12. The number of aliphatic hydroxyl groups excluding tert-OH is 1. The van der Waals surface area contributed by atoms with E-state index < -0.39 is 6.10 Å². The number of aromatic nitrogens is 1. The molecule has 1 fully saturated rings. The molecule has 1 aliphatic heterocycles. The van der Waals surface area contributed by atoms with Gasteiger partial charge in [-0.15, -0.1) is 0 Å². The quantitative estimate of drug-likeness (QED) is 0.870. The Morgan fingerprint density at radius 3 is 2.62 bits per heavy atom. The van der Waals surface area contributed by atoms with Crippen molar-refractivity contribution in [3.63, 3.8) is 0 Å². The van der Waals surface area contributed by atoms with Gasteiger partial charge < -0.3 is 15.3 Å². The van der Waals surface area contributed by atoms with Crippen LogP contribution in [0.1, 0.15) is 49.4 Å². The average molecular weight is 291 g/mol. The molecule has 5 nitrogen and oxygen atoms in total. The second kappa shape index (κ2) is 7.98. The molecule has 21 heavy (non-hydrogen) atoms. The molecule has 1 aromatic rings. The van der Waals surface area contributed by atoms with Gasteiger partial charge in [-0.2, -0.15) is 0 Å². The van der Waals surface area contributed by atoms with Crippen molar-refractivity contribution in [3.8, 4) is 0 Å². The van der Waals surface area contributed by atoms with Crippen LogP contribution in [0.5, 0.6) is 0 Å². The van der Waals surface area contributed by atoms with Crippen LogP contribution in [0.15, 0.2) is 18.3 Å². The number of amides is 1. The monoisotopic (exact) mass is 291 g/mol. The second-order valence-corrected chi connectivity index (χ2v) is 5.70. The summed E-state index contributed by atoms with van der Waals surface area (Å²) in [6.07, 6.45) is 6.81. The lowest BCUT2D eigenvalue weighted by atomic mass is 10.2. The van der Waals surface area contributed by atoms with Crippen LogP contribution in [-0.2, 0) is 0 Å². The first-order valence-corrected chi connectivity index (χ1v) is 7.84. The third kappa shape index (κ3) is 5.01. The number of pyridine rings is 1. The van der Waals surface area contributed by atoms with Crippen molar-refractivity contribution in [2.75, 3.05) is 24.5 Å². The van der Waals surface area contributed by atoms with E-state index in [1.807, 2.05) is 12.1 Å². The maximum Gasteiger partial charge on any atom is 0.252 e. The Kier molecular flexibility index (Phi) is 5.99. The summed E-state index contributed by atoms with van der Waals surface area (Å²) in [5.74, 6) is 0.822. The molecular formula is C16H25N3O2. The fourth-order valence-corrected chi connectivity index (χ4v) is 2.50. The third-order valence-corrected chi connectivity index (χ3v) is 3.79. The molecule has 0 aromatic carbocycles.